The van der Waals surface area contributed by atoms with E-state index in [0.29, 0.717) is 32.4 Å². The van der Waals surface area contributed by atoms with Gasteiger partial charge in [0.15, 0.2) is 8.24 Å². The Kier molecular flexibility index (Phi) is 11.9. The van der Waals surface area contributed by atoms with Gasteiger partial charge >= 0.3 is 14.9 Å². The number of carbonyl (C=O) groups is 1. The smallest absolute Gasteiger partial charge is 0.450 e. The van der Waals surface area contributed by atoms with E-state index in [0.717, 1.165) is 12.8 Å². The summed E-state index contributed by atoms with van der Waals surface area (Å²) in [7, 11) is -4.53. The molecule has 0 radical (unpaired) electrons. The average molecular weight is 394 g/mol. The highest BCUT2D eigenvalue weighted by molar-refractivity contribution is 6.75. The van der Waals surface area contributed by atoms with E-state index in [1.54, 1.807) is 0 Å². The molecule has 1 unspecified atom stereocenters. The van der Waals surface area contributed by atoms with Gasteiger partial charge in [0.2, 0.25) is 0 Å². The van der Waals surface area contributed by atoms with E-state index in [1.807, 2.05) is 32.3 Å². The van der Waals surface area contributed by atoms with Gasteiger partial charge in [0.1, 0.15) is 0 Å². The fourth-order valence-electron chi connectivity index (χ4n) is 2.50. The molecule has 0 rings (SSSR count). The van der Waals surface area contributed by atoms with E-state index in [2.05, 4.69) is 26.6 Å². The molecule has 8 heteroatoms. The van der Waals surface area contributed by atoms with Gasteiger partial charge in [0, 0.05) is 31.9 Å². The van der Waals surface area contributed by atoms with Crippen molar-refractivity contribution in [1.29, 1.82) is 0 Å². The molecule has 0 saturated heterocycles. The van der Waals surface area contributed by atoms with Gasteiger partial charge in [-0.2, -0.15) is 0 Å². The van der Waals surface area contributed by atoms with Crippen LogP contribution in [0, 0.1) is 0 Å². The van der Waals surface area contributed by atoms with Crippen LogP contribution in [0.4, 0.5) is 4.79 Å². The molecule has 0 bridgehead atoms. The molecule has 0 aromatic carbocycles. The standard InChI is InChI=1S/C17H39NO5Si2/c1-9-16(5)23-25(21-11-3,22-12-4)15-13-14-18(24(6,7)8)17(19)20-10-2/h16H,9-15H2,1-8H3. The zero-order chi connectivity index (χ0) is 19.5. The molecule has 0 N–H and O–H groups in total. The van der Waals surface area contributed by atoms with Crippen molar-refractivity contribution in [2.75, 3.05) is 26.4 Å². The van der Waals surface area contributed by atoms with Crippen molar-refractivity contribution in [1.82, 2.24) is 4.57 Å². The Hall–Kier alpha value is -0.416. The van der Waals surface area contributed by atoms with Crippen molar-refractivity contribution >= 4 is 23.1 Å². The van der Waals surface area contributed by atoms with Crippen molar-refractivity contribution in [2.45, 2.75) is 79.2 Å². The first-order valence-electron chi connectivity index (χ1n) is 9.55. The maximum atomic E-state index is 12.3. The maximum absolute atomic E-state index is 12.3. The molecule has 0 aliphatic carbocycles. The summed E-state index contributed by atoms with van der Waals surface area (Å²) in [5.74, 6) is 0. The predicted molar refractivity (Wildman–Crippen MR) is 106 cm³/mol. The lowest BCUT2D eigenvalue weighted by Crippen LogP contribution is -2.52. The largest absolute Gasteiger partial charge is 0.501 e. The molecule has 150 valence electrons. The van der Waals surface area contributed by atoms with E-state index in [9.17, 15) is 4.79 Å². The lowest BCUT2D eigenvalue weighted by Gasteiger charge is -2.35. The first-order valence-corrected chi connectivity index (χ1v) is 14.9. The average Bonchev–Trinajstić information content (AvgIpc) is 2.50. The molecule has 1 atom stereocenters. The minimum Gasteiger partial charge on any atom is -0.450 e. The van der Waals surface area contributed by atoms with Gasteiger partial charge in [-0.3, -0.25) is 0 Å². The van der Waals surface area contributed by atoms with Crippen LogP contribution in [0.15, 0.2) is 0 Å². The molecule has 0 aliphatic rings. The van der Waals surface area contributed by atoms with Gasteiger partial charge in [-0.25, -0.2) is 4.79 Å². The number of hydrogen-bond donors (Lipinski definition) is 0. The molecule has 0 aliphatic heterocycles. The van der Waals surface area contributed by atoms with Crippen molar-refractivity contribution in [3.8, 4) is 0 Å². The molecule has 0 aromatic rings. The third-order valence-corrected chi connectivity index (χ3v) is 9.06. The zero-order valence-electron chi connectivity index (χ0n) is 17.5. The van der Waals surface area contributed by atoms with Crippen LogP contribution in [0.25, 0.3) is 0 Å². The van der Waals surface area contributed by atoms with E-state index < -0.39 is 17.0 Å². The second-order valence-electron chi connectivity index (χ2n) is 7.01. The third-order valence-electron chi connectivity index (χ3n) is 3.85. The van der Waals surface area contributed by atoms with Crippen LogP contribution in [-0.4, -0.2) is 60.2 Å². The van der Waals surface area contributed by atoms with Gasteiger partial charge < -0.3 is 22.6 Å². The highest BCUT2D eigenvalue weighted by Crippen LogP contribution is 2.22. The van der Waals surface area contributed by atoms with E-state index >= 15 is 0 Å². The number of amides is 1. The lowest BCUT2D eigenvalue weighted by molar-refractivity contribution is 0.0363. The first kappa shape index (κ1) is 24.6. The van der Waals surface area contributed by atoms with Crippen LogP contribution in [0.1, 0.15) is 47.5 Å². The second kappa shape index (κ2) is 12.1. The van der Waals surface area contributed by atoms with Crippen molar-refractivity contribution < 1.29 is 22.8 Å². The van der Waals surface area contributed by atoms with Crippen LogP contribution in [0.2, 0.25) is 25.7 Å². The predicted octanol–water partition coefficient (Wildman–Crippen LogP) is 4.50. The number of nitrogens with zero attached hydrogens (tertiary/aromatic N) is 1. The summed E-state index contributed by atoms with van der Waals surface area (Å²) in [6.45, 7) is 18.5. The minimum atomic E-state index is -2.72. The Balaban J connectivity index is 5.02. The van der Waals surface area contributed by atoms with E-state index in [4.69, 9.17) is 18.0 Å². The summed E-state index contributed by atoms with van der Waals surface area (Å²) < 4.78 is 25.3. The number of carbonyl (C=O) groups excluding carboxylic acids is 1. The van der Waals surface area contributed by atoms with Gasteiger partial charge in [0.05, 0.1) is 6.61 Å². The van der Waals surface area contributed by atoms with Crippen LogP contribution >= 0.6 is 0 Å². The Morgan fingerprint density at radius 3 is 1.96 bits per heavy atom. The van der Waals surface area contributed by atoms with Gasteiger partial charge in [-0.15, -0.1) is 0 Å². The van der Waals surface area contributed by atoms with E-state index in [1.165, 1.54) is 0 Å². The Morgan fingerprint density at radius 2 is 1.56 bits per heavy atom. The SMILES string of the molecule is CCOC(=O)N(CCC[Si](OCC)(OCC)OC(C)CC)[Si](C)(C)C. The first-order chi connectivity index (χ1) is 11.7. The molecular formula is C17H39NO5Si2. The number of hydrogen-bond acceptors (Lipinski definition) is 5. The van der Waals surface area contributed by atoms with Crippen molar-refractivity contribution in [2.24, 2.45) is 0 Å². The third kappa shape index (κ3) is 9.19. The lowest BCUT2D eigenvalue weighted by atomic mass is 10.3. The fourth-order valence-corrected chi connectivity index (χ4v) is 6.82. The molecule has 25 heavy (non-hydrogen) atoms. The normalized spacial score (nSPS) is 13.6. The maximum Gasteiger partial charge on any atom is 0.501 e. The quantitative estimate of drug-likeness (QED) is 0.431. The van der Waals surface area contributed by atoms with E-state index in [-0.39, 0.29) is 12.2 Å². The van der Waals surface area contributed by atoms with Crippen LogP contribution in [-0.2, 0) is 18.0 Å². The summed E-state index contributed by atoms with van der Waals surface area (Å²) in [6.07, 6.45) is 1.58. The number of ether oxygens (including phenoxy) is 1. The molecular weight excluding hydrogens is 354 g/mol. The van der Waals surface area contributed by atoms with Crippen LogP contribution in [0.5, 0.6) is 0 Å². The molecule has 0 saturated carbocycles. The van der Waals surface area contributed by atoms with Gasteiger partial charge in [-0.1, -0.05) is 26.6 Å². The van der Waals surface area contributed by atoms with Crippen molar-refractivity contribution in [3.05, 3.63) is 0 Å². The second-order valence-corrected chi connectivity index (χ2v) is 14.6. The van der Waals surface area contributed by atoms with Crippen LogP contribution in [0.3, 0.4) is 0 Å². The zero-order valence-corrected chi connectivity index (χ0v) is 19.5. The topological polar surface area (TPSA) is 57.2 Å². The summed E-state index contributed by atoms with van der Waals surface area (Å²) in [6, 6.07) is 0.708. The Labute approximate surface area is 156 Å². The highest BCUT2D eigenvalue weighted by atomic mass is 28.4. The molecule has 0 aromatic heterocycles. The number of rotatable bonds is 13. The Bertz CT molecular complexity index is 371. The molecule has 0 fully saturated rings. The molecule has 0 spiro atoms. The highest BCUT2D eigenvalue weighted by Gasteiger charge is 2.42. The summed E-state index contributed by atoms with van der Waals surface area (Å²) >= 11 is 0. The minimum absolute atomic E-state index is 0.0999. The summed E-state index contributed by atoms with van der Waals surface area (Å²) in [5, 5.41) is 0. The van der Waals surface area contributed by atoms with Gasteiger partial charge in [0.25, 0.3) is 0 Å². The van der Waals surface area contributed by atoms with Crippen molar-refractivity contribution in [3.63, 3.8) is 0 Å². The summed E-state index contributed by atoms with van der Waals surface area (Å²) in [4.78, 5) is 12.3. The molecule has 6 nitrogen and oxygen atoms in total. The Morgan fingerprint density at radius 1 is 1.00 bits per heavy atom. The molecule has 0 heterocycles. The van der Waals surface area contributed by atoms with Crippen LogP contribution < -0.4 is 0 Å². The summed E-state index contributed by atoms with van der Waals surface area (Å²) in [5.41, 5.74) is 0. The van der Waals surface area contributed by atoms with Gasteiger partial charge in [-0.05, 0) is 40.5 Å². The molecule has 1 amide bonds. The fraction of sp³-hybridized carbons (Fsp3) is 0.941. The monoisotopic (exact) mass is 393 g/mol.